The van der Waals surface area contributed by atoms with Crippen LogP contribution in [0.1, 0.15) is 10.4 Å². The number of hydrogen-bond acceptors (Lipinski definition) is 5. The maximum atomic E-state index is 12.4. The zero-order chi connectivity index (χ0) is 18.0. The van der Waals surface area contributed by atoms with Crippen LogP contribution >= 0.6 is 11.6 Å². The first-order valence-electron chi connectivity index (χ1n) is 7.62. The number of pyridine rings is 1. The number of nitrogens with one attached hydrogen (secondary N) is 1. The van der Waals surface area contributed by atoms with Crippen LogP contribution in [0, 0.1) is 10.1 Å². The van der Waals surface area contributed by atoms with Gasteiger partial charge in [-0.25, -0.2) is 0 Å². The van der Waals surface area contributed by atoms with Gasteiger partial charge in [0.15, 0.2) is 0 Å². The Balaban J connectivity index is 1.72. The number of carbonyl (C=O) groups excluding carboxylic acids is 1. The molecule has 1 aromatic carbocycles. The number of piperazine rings is 1. The monoisotopic (exact) mass is 362 g/mol. The van der Waals surface area contributed by atoms with Crippen LogP contribution in [0.25, 0.3) is 0 Å². The summed E-state index contributed by atoms with van der Waals surface area (Å²) in [7, 11) is 0. The van der Waals surface area contributed by atoms with E-state index in [9.17, 15) is 19.7 Å². The van der Waals surface area contributed by atoms with Crippen LogP contribution in [-0.2, 0) is 0 Å². The fraction of sp³-hybridized carbons (Fsp3) is 0.250. The van der Waals surface area contributed by atoms with Gasteiger partial charge in [0.05, 0.1) is 10.5 Å². The molecule has 0 unspecified atom stereocenters. The van der Waals surface area contributed by atoms with Gasteiger partial charge in [0.2, 0.25) is 5.56 Å². The molecule has 1 aliphatic heterocycles. The summed E-state index contributed by atoms with van der Waals surface area (Å²) in [6.45, 7) is 1.80. The summed E-state index contributed by atoms with van der Waals surface area (Å²) in [5.74, 6) is -0.179. The van der Waals surface area contributed by atoms with Gasteiger partial charge in [-0.05, 0) is 18.2 Å². The molecule has 1 N–H and O–H groups in total. The molecule has 0 aliphatic carbocycles. The molecule has 2 aromatic rings. The molecule has 8 nitrogen and oxygen atoms in total. The number of H-pyrrole nitrogens is 1. The van der Waals surface area contributed by atoms with Gasteiger partial charge in [-0.15, -0.1) is 0 Å². The van der Waals surface area contributed by atoms with Crippen molar-refractivity contribution in [3.05, 3.63) is 67.6 Å². The molecule has 1 fully saturated rings. The summed E-state index contributed by atoms with van der Waals surface area (Å²) >= 11 is 5.84. The van der Waals surface area contributed by atoms with Crippen LogP contribution in [-0.4, -0.2) is 46.9 Å². The average Bonchev–Trinajstić information content (AvgIpc) is 2.62. The van der Waals surface area contributed by atoms with E-state index in [0.717, 1.165) is 0 Å². The molecule has 0 spiro atoms. The van der Waals surface area contributed by atoms with Crippen molar-refractivity contribution in [2.24, 2.45) is 0 Å². The second kappa shape index (κ2) is 6.94. The predicted octanol–water partition coefficient (Wildman–Crippen LogP) is 1.90. The Bertz CT molecular complexity index is 854. The zero-order valence-corrected chi connectivity index (χ0v) is 13.9. The highest BCUT2D eigenvalue weighted by Gasteiger charge is 2.26. The first kappa shape index (κ1) is 17.0. The smallest absolute Gasteiger partial charge is 0.294 e. The number of nitro groups is 1. The van der Waals surface area contributed by atoms with E-state index in [1.165, 1.54) is 24.4 Å². The molecule has 0 saturated carbocycles. The largest absolute Gasteiger partial charge is 0.362 e. The van der Waals surface area contributed by atoms with Crippen molar-refractivity contribution >= 4 is 28.9 Å². The molecule has 1 saturated heterocycles. The average molecular weight is 363 g/mol. The summed E-state index contributed by atoms with van der Waals surface area (Å²) in [6, 6.07) is 7.36. The summed E-state index contributed by atoms with van der Waals surface area (Å²) < 4.78 is 0. The number of hydrogen-bond donors (Lipinski definition) is 1. The van der Waals surface area contributed by atoms with Crippen molar-refractivity contribution in [2.75, 3.05) is 31.1 Å². The highest BCUT2D eigenvalue weighted by atomic mass is 35.5. The molecule has 1 aromatic heterocycles. The van der Waals surface area contributed by atoms with Gasteiger partial charge in [-0.1, -0.05) is 11.6 Å². The molecule has 9 heteroatoms. The molecule has 0 bridgehead atoms. The van der Waals surface area contributed by atoms with Crippen molar-refractivity contribution in [3.8, 4) is 0 Å². The quantitative estimate of drug-likeness (QED) is 0.664. The number of halogens is 1. The zero-order valence-electron chi connectivity index (χ0n) is 13.1. The fourth-order valence-corrected chi connectivity index (χ4v) is 2.95. The van der Waals surface area contributed by atoms with E-state index >= 15 is 0 Å². The van der Waals surface area contributed by atoms with Crippen LogP contribution in [0.2, 0.25) is 5.02 Å². The van der Waals surface area contributed by atoms with Gasteiger partial charge in [0, 0.05) is 49.5 Å². The first-order valence-corrected chi connectivity index (χ1v) is 8.00. The Hall–Kier alpha value is -2.87. The molecule has 3 rings (SSSR count). The van der Waals surface area contributed by atoms with E-state index < -0.39 is 4.92 Å². The molecule has 1 aliphatic rings. The van der Waals surface area contributed by atoms with Gasteiger partial charge < -0.3 is 14.8 Å². The normalized spacial score (nSPS) is 14.4. The predicted molar refractivity (Wildman–Crippen MR) is 93.3 cm³/mol. The van der Waals surface area contributed by atoms with E-state index in [2.05, 4.69) is 4.98 Å². The van der Waals surface area contributed by atoms with E-state index in [1.54, 1.807) is 17.0 Å². The maximum Gasteiger partial charge on any atom is 0.294 e. The van der Waals surface area contributed by atoms with Crippen molar-refractivity contribution in [2.45, 2.75) is 0 Å². The van der Waals surface area contributed by atoms with Gasteiger partial charge in [-0.3, -0.25) is 19.7 Å². The lowest BCUT2D eigenvalue weighted by molar-refractivity contribution is -0.384. The number of nitrogens with zero attached hydrogens (tertiary/aromatic N) is 3. The molecule has 2 heterocycles. The Morgan fingerprint density at radius 1 is 1.16 bits per heavy atom. The van der Waals surface area contributed by atoms with E-state index in [1.807, 2.05) is 4.90 Å². The summed E-state index contributed by atoms with van der Waals surface area (Å²) in [4.78, 5) is 40.3. The van der Waals surface area contributed by atoms with Crippen molar-refractivity contribution < 1.29 is 9.72 Å². The number of aromatic nitrogens is 1. The van der Waals surface area contributed by atoms with Crippen LogP contribution in [0.4, 0.5) is 11.4 Å². The first-order chi connectivity index (χ1) is 12.0. The van der Waals surface area contributed by atoms with Crippen LogP contribution < -0.4 is 10.5 Å². The van der Waals surface area contributed by atoms with Crippen LogP contribution in [0.5, 0.6) is 0 Å². The Morgan fingerprint density at radius 2 is 1.88 bits per heavy atom. The van der Waals surface area contributed by atoms with Crippen molar-refractivity contribution in [1.29, 1.82) is 0 Å². The summed E-state index contributed by atoms with van der Waals surface area (Å²) in [5.41, 5.74) is 0.584. The second-order valence-corrected chi connectivity index (χ2v) is 6.05. The minimum atomic E-state index is -0.459. The van der Waals surface area contributed by atoms with Gasteiger partial charge in [-0.2, -0.15) is 0 Å². The summed E-state index contributed by atoms with van der Waals surface area (Å²) in [5, 5.41) is 11.5. The van der Waals surface area contributed by atoms with E-state index in [4.69, 9.17) is 11.6 Å². The third-order valence-corrected chi connectivity index (χ3v) is 4.31. The third kappa shape index (κ3) is 3.63. The topological polar surface area (TPSA) is 99.6 Å². The standard InChI is InChI=1S/C16H15ClN4O4/c17-12-2-3-13(14(9-12)21(24)25)19-5-7-20(8-6-19)16(23)11-1-4-15(22)18-10-11/h1-4,9-10H,5-8H2,(H,18,22). The third-order valence-electron chi connectivity index (χ3n) is 4.07. The molecule has 130 valence electrons. The Kier molecular flexibility index (Phi) is 4.71. The molecular formula is C16H15ClN4O4. The lowest BCUT2D eigenvalue weighted by atomic mass is 10.2. The fourth-order valence-electron chi connectivity index (χ4n) is 2.79. The molecule has 0 atom stereocenters. The minimum Gasteiger partial charge on any atom is -0.362 e. The van der Waals surface area contributed by atoms with Gasteiger partial charge in [0.25, 0.3) is 11.6 Å². The van der Waals surface area contributed by atoms with E-state index in [0.29, 0.717) is 42.5 Å². The maximum absolute atomic E-state index is 12.4. The second-order valence-electron chi connectivity index (χ2n) is 5.61. The Morgan fingerprint density at radius 3 is 2.48 bits per heavy atom. The number of benzene rings is 1. The van der Waals surface area contributed by atoms with Crippen LogP contribution in [0.15, 0.2) is 41.3 Å². The number of carbonyl (C=O) groups is 1. The number of nitro benzene ring substituents is 1. The molecule has 1 amide bonds. The van der Waals surface area contributed by atoms with Crippen molar-refractivity contribution in [3.63, 3.8) is 0 Å². The van der Waals surface area contributed by atoms with Gasteiger partial charge >= 0.3 is 0 Å². The van der Waals surface area contributed by atoms with Crippen LogP contribution in [0.3, 0.4) is 0 Å². The van der Waals surface area contributed by atoms with Gasteiger partial charge in [0.1, 0.15) is 5.69 Å². The SMILES string of the molecule is O=C(c1ccc(=O)[nH]c1)N1CCN(c2ccc(Cl)cc2[N+](=O)[O-])CC1. The number of rotatable bonds is 3. The number of aromatic amines is 1. The lowest BCUT2D eigenvalue weighted by Crippen LogP contribution is -2.49. The molecule has 25 heavy (non-hydrogen) atoms. The molecular weight excluding hydrogens is 348 g/mol. The summed E-state index contributed by atoms with van der Waals surface area (Å²) in [6.07, 6.45) is 1.39. The molecule has 0 radical (unpaired) electrons. The number of anilines is 1. The minimum absolute atomic E-state index is 0.0482. The lowest BCUT2D eigenvalue weighted by Gasteiger charge is -2.35. The highest BCUT2D eigenvalue weighted by Crippen LogP contribution is 2.31. The number of amides is 1. The van der Waals surface area contributed by atoms with E-state index in [-0.39, 0.29) is 17.2 Å². The van der Waals surface area contributed by atoms with Crippen molar-refractivity contribution in [1.82, 2.24) is 9.88 Å². The highest BCUT2D eigenvalue weighted by molar-refractivity contribution is 6.30. The Labute approximate surface area is 147 Å².